The van der Waals surface area contributed by atoms with Crippen LogP contribution in [0.5, 0.6) is 0 Å². The van der Waals surface area contributed by atoms with Gasteiger partial charge in [0.15, 0.2) is 0 Å². The fourth-order valence-corrected chi connectivity index (χ4v) is 2.68. The van der Waals surface area contributed by atoms with Gasteiger partial charge in [-0.25, -0.2) is 9.78 Å². The number of pyridine rings is 1. The Morgan fingerprint density at radius 3 is 2.52 bits per heavy atom. The molecule has 2 aromatic carbocycles. The van der Waals surface area contributed by atoms with Gasteiger partial charge < -0.3 is 10.4 Å². The third-order valence-electron chi connectivity index (χ3n) is 4.12. The van der Waals surface area contributed by atoms with Crippen molar-refractivity contribution in [1.29, 1.82) is 0 Å². The highest BCUT2D eigenvalue weighted by Crippen LogP contribution is 2.13. The van der Waals surface area contributed by atoms with Crippen molar-refractivity contribution in [2.24, 2.45) is 0 Å². The highest BCUT2D eigenvalue weighted by atomic mass is 16.4. The second-order valence-corrected chi connectivity index (χ2v) is 5.88. The molecule has 3 aromatic rings. The third-order valence-corrected chi connectivity index (χ3v) is 4.12. The molecule has 5 nitrogen and oxygen atoms in total. The standard InChI is InChI=1S/C20H18N2O3/c1-13-6-2-3-8-15(13)12-18(20(24)25)22-19(23)17-11-10-14-7-4-5-9-16(14)21-17/h2-11,18H,12H2,1H3,(H,22,23)(H,24,25)/t18-/m1/s1. The van der Waals surface area contributed by atoms with Crippen LogP contribution in [0.1, 0.15) is 21.6 Å². The van der Waals surface area contributed by atoms with Crippen molar-refractivity contribution in [3.05, 3.63) is 77.5 Å². The molecular weight excluding hydrogens is 316 g/mol. The number of rotatable bonds is 5. The monoisotopic (exact) mass is 334 g/mol. The quantitative estimate of drug-likeness (QED) is 0.752. The van der Waals surface area contributed by atoms with Crippen molar-refractivity contribution in [3.63, 3.8) is 0 Å². The number of carboxylic acids is 1. The second kappa shape index (κ2) is 7.13. The molecule has 1 amide bonds. The molecule has 2 N–H and O–H groups in total. The number of fused-ring (bicyclic) bond motifs is 1. The lowest BCUT2D eigenvalue weighted by Crippen LogP contribution is -2.42. The number of carbonyl (C=O) groups is 2. The van der Waals surface area contributed by atoms with E-state index in [1.54, 1.807) is 12.1 Å². The van der Waals surface area contributed by atoms with E-state index in [-0.39, 0.29) is 12.1 Å². The predicted molar refractivity (Wildman–Crippen MR) is 95.5 cm³/mol. The summed E-state index contributed by atoms with van der Waals surface area (Å²) in [7, 11) is 0. The van der Waals surface area contributed by atoms with E-state index in [0.717, 1.165) is 16.5 Å². The number of aromatic nitrogens is 1. The molecule has 1 aromatic heterocycles. The molecule has 1 atom stereocenters. The normalized spacial score (nSPS) is 11.9. The van der Waals surface area contributed by atoms with Gasteiger partial charge in [-0.05, 0) is 30.2 Å². The first kappa shape index (κ1) is 16.6. The summed E-state index contributed by atoms with van der Waals surface area (Å²) in [6.07, 6.45) is 0.224. The molecule has 0 saturated carbocycles. The first-order valence-electron chi connectivity index (χ1n) is 7.98. The fraction of sp³-hybridized carbons (Fsp3) is 0.150. The molecule has 0 bridgehead atoms. The Balaban J connectivity index is 1.80. The van der Waals surface area contributed by atoms with Crippen LogP contribution in [0.25, 0.3) is 10.9 Å². The largest absolute Gasteiger partial charge is 0.480 e. The Kier molecular flexibility index (Phi) is 4.75. The number of carboxylic acid groups (broad SMARTS) is 1. The number of para-hydroxylation sites is 1. The average molecular weight is 334 g/mol. The Morgan fingerprint density at radius 2 is 1.76 bits per heavy atom. The minimum atomic E-state index is -1.07. The third kappa shape index (κ3) is 3.83. The Hall–Kier alpha value is -3.21. The van der Waals surface area contributed by atoms with Crippen LogP contribution in [0.4, 0.5) is 0 Å². The molecule has 1 heterocycles. The van der Waals surface area contributed by atoms with Crippen LogP contribution >= 0.6 is 0 Å². The lowest BCUT2D eigenvalue weighted by molar-refractivity contribution is -0.139. The van der Waals surface area contributed by atoms with Crippen LogP contribution in [0, 0.1) is 6.92 Å². The molecule has 0 aliphatic heterocycles. The van der Waals surface area contributed by atoms with Gasteiger partial charge >= 0.3 is 5.97 Å². The molecule has 0 saturated heterocycles. The maximum Gasteiger partial charge on any atom is 0.326 e. The van der Waals surface area contributed by atoms with E-state index in [1.165, 1.54) is 0 Å². The van der Waals surface area contributed by atoms with Crippen molar-refractivity contribution in [3.8, 4) is 0 Å². The van der Waals surface area contributed by atoms with Gasteiger partial charge in [0.1, 0.15) is 11.7 Å². The summed E-state index contributed by atoms with van der Waals surface area (Å²) in [5, 5.41) is 13.0. The van der Waals surface area contributed by atoms with Gasteiger partial charge in [-0.1, -0.05) is 48.5 Å². The first-order valence-corrected chi connectivity index (χ1v) is 7.98. The van der Waals surface area contributed by atoms with Crippen LogP contribution in [0.3, 0.4) is 0 Å². The SMILES string of the molecule is Cc1ccccc1C[C@@H](NC(=O)c1ccc2ccccc2n1)C(=O)O. The number of nitrogens with zero attached hydrogens (tertiary/aromatic N) is 1. The predicted octanol–water partition coefficient (Wildman–Crippen LogP) is 2.97. The number of aliphatic carboxylic acids is 1. The van der Waals surface area contributed by atoms with Gasteiger partial charge in [0.05, 0.1) is 5.52 Å². The summed E-state index contributed by atoms with van der Waals surface area (Å²) < 4.78 is 0. The molecule has 0 unspecified atom stereocenters. The lowest BCUT2D eigenvalue weighted by atomic mass is 10.0. The summed E-state index contributed by atoms with van der Waals surface area (Å²) in [6, 6.07) is 17.4. The molecule has 0 radical (unpaired) electrons. The maximum absolute atomic E-state index is 12.4. The van der Waals surface area contributed by atoms with Crippen LogP contribution in [-0.2, 0) is 11.2 Å². The van der Waals surface area contributed by atoms with E-state index in [1.807, 2.05) is 55.5 Å². The number of carbonyl (C=O) groups excluding carboxylic acids is 1. The average Bonchev–Trinajstić information content (AvgIpc) is 2.62. The Morgan fingerprint density at radius 1 is 1.04 bits per heavy atom. The molecule has 3 rings (SSSR count). The van der Waals surface area contributed by atoms with Crippen LogP contribution in [-0.4, -0.2) is 28.0 Å². The topological polar surface area (TPSA) is 79.3 Å². The number of aryl methyl sites for hydroxylation is 1. The van der Waals surface area contributed by atoms with Crippen molar-refractivity contribution < 1.29 is 14.7 Å². The summed E-state index contributed by atoms with van der Waals surface area (Å²) in [5.74, 6) is -1.57. The van der Waals surface area contributed by atoms with Gasteiger partial charge in [-0.2, -0.15) is 0 Å². The number of amides is 1. The molecular formula is C20H18N2O3. The van der Waals surface area contributed by atoms with E-state index < -0.39 is 17.9 Å². The molecule has 126 valence electrons. The van der Waals surface area contributed by atoms with Gasteiger partial charge in [-0.3, -0.25) is 4.79 Å². The molecule has 0 aliphatic rings. The highest BCUT2D eigenvalue weighted by molar-refractivity contribution is 5.97. The van der Waals surface area contributed by atoms with E-state index in [0.29, 0.717) is 5.52 Å². The molecule has 0 aliphatic carbocycles. The number of nitrogens with one attached hydrogen (secondary N) is 1. The summed E-state index contributed by atoms with van der Waals surface area (Å²) in [5.41, 5.74) is 2.78. The number of hydrogen-bond acceptors (Lipinski definition) is 3. The highest BCUT2D eigenvalue weighted by Gasteiger charge is 2.22. The maximum atomic E-state index is 12.4. The lowest BCUT2D eigenvalue weighted by Gasteiger charge is -2.16. The molecule has 5 heteroatoms. The van der Waals surface area contributed by atoms with E-state index >= 15 is 0 Å². The van der Waals surface area contributed by atoms with Gasteiger partial charge in [0, 0.05) is 11.8 Å². The zero-order valence-corrected chi connectivity index (χ0v) is 13.8. The van der Waals surface area contributed by atoms with Crippen molar-refractivity contribution in [2.45, 2.75) is 19.4 Å². The fourth-order valence-electron chi connectivity index (χ4n) is 2.68. The minimum absolute atomic E-state index is 0.203. The summed E-state index contributed by atoms with van der Waals surface area (Å²) in [4.78, 5) is 28.3. The van der Waals surface area contributed by atoms with Crippen molar-refractivity contribution in [1.82, 2.24) is 10.3 Å². The Labute approximate surface area is 145 Å². The summed E-state index contributed by atoms with van der Waals surface area (Å²) >= 11 is 0. The van der Waals surface area contributed by atoms with E-state index in [4.69, 9.17) is 0 Å². The second-order valence-electron chi connectivity index (χ2n) is 5.88. The van der Waals surface area contributed by atoms with Crippen molar-refractivity contribution >= 4 is 22.8 Å². The van der Waals surface area contributed by atoms with Gasteiger partial charge in [-0.15, -0.1) is 0 Å². The summed E-state index contributed by atoms with van der Waals surface area (Å²) in [6.45, 7) is 1.92. The molecule has 0 fully saturated rings. The molecule has 25 heavy (non-hydrogen) atoms. The smallest absolute Gasteiger partial charge is 0.326 e. The van der Waals surface area contributed by atoms with Crippen LogP contribution < -0.4 is 5.32 Å². The zero-order chi connectivity index (χ0) is 17.8. The van der Waals surface area contributed by atoms with Crippen LogP contribution in [0.15, 0.2) is 60.7 Å². The van der Waals surface area contributed by atoms with E-state index in [2.05, 4.69) is 10.3 Å². The van der Waals surface area contributed by atoms with Gasteiger partial charge in [0.2, 0.25) is 0 Å². The van der Waals surface area contributed by atoms with Crippen molar-refractivity contribution in [2.75, 3.05) is 0 Å². The Bertz CT molecular complexity index is 937. The minimum Gasteiger partial charge on any atom is -0.480 e. The zero-order valence-electron chi connectivity index (χ0n) is 13.8. The number of benzene rings is 2. The first-order chi connectivity index (χ1) is 12.0. The van der Waals surface area contributed by atoms with E-state index in [9.17, 15) is 14.7 Å². The number of hydrogen-bond donors (Lipinski definition) is 2. The molecule has 0 spiro atoms. The van der Waals surface area contributed by atoms with Crippen LogP contribution in [0.2, 0.25) is 0 Å². The van der Waals surface area contributed by atoms with Gasteiger partial charge in [0.25, 0.3) is 5.91 Å².